The average molecular weight is 479 g/mol. The highest BCUT2D eigenvalue weighted by molar-refractivity contribution is 6.46. The molecule has 2 saturated heterocycles. The highest BCUT2D eigenvalue weighted by atomic mass is 16.5. The molecule has 1 N–H and O–H groups in total. The van der Waals surface area contributed by atoms with Gasteiger partial charge in [0.15, 0.2) is 0 Å². The van der Waals surface area contributed by atoms with Crippen LogP contribution in [0.15, 0.2) is 48.0 Å². The third-order valence-electron chi connectivity index (χ3n) is 6.90. The third-order valence-corrected chi connectivity index (χ3v) is 6.90. The molecule has 0 spiro atoms. The zero-order valence-corrected chi connectivity index (χ0v) is 20.0. The van der Waals surface area contributed by atoms with E-state index in [4.69, 9.17) is 14.2 Å². The minimum atomic E-state index is -0.654. The van der Waals surface area contributed by atoms with Crippen LogP contribution in [0.4, 0.5) is 0 Å². The van der Waals surface area contributed by atoms with Crippen molar-refractivity contribution in [2.45, 2.75) is 31.5 Å². The molecule has 0 bridgehead atoms. The summed E-state index contributed by atoms with van der Waals surface area (Å²) in [6.07, 6.45) is 1.70. The maximum atomic E-state index is 13.2. The van der Waals surface area contributed by atoms with Gasteiger partial charge in [-0.2, -0.15) is 0 Å². The van der Waals surface area contributed by atoms with Crippen LogP contribution in [0.1, 0.15) is 35.6 Å². The molecule has 1 amide bonds. The van der Waals surface area contributed by atoms with Crippen molar-refractivity contribution >= 4 is 17.4 Å². The zero-order chi connectivity index (χ0) is 24.5. The second kappa shape index (κ2) is 9.71. The highest BCUT2D eigenvalue weighted by Gasteiger charge is 2.51. The number of hydrogen-bond donors (Lipinski definition) is 1. The average Bonchev–Trinajstić information content (AvgIpc) is 3.70. The lowest BCUT2D eigenvalue weighted by Crippen LogP contribution is -2.35. The number of nitrogens with zero attached hydrogens (tertiary/aromatic N) is 2. The van der Waals surface area contributed by atoms with Crippen LogP contribution in [0, 0.1) is 0 Å². The number of hydrogen-bond acceptors (Lipinski definition) is 7. The number of ether oxygens (including phenoxy) is 3. The molecule has 1 atom stereocenters. The number of ketones is 1. The molecule has 2 heterocycles. The molecule has 3 fully saturated rings. The molecule has 1 aliphatic carbocycles. The summed E-state index contributed by atoms with van der Waals surface area (Å²) in [6, 6.07) is 11.9. The van der Waals surface area contributed by atoms with E-state index in [-0.39, 0.29) is 17.4 Å². The van der Waals surface area contributed by atoms with Crippen molar-refractivity contribution in [3.8, 4) is 11.5 Å². The van der Waals surface area contributed by atoms with Crippen LogP contribution >= 0.6 is 0 Å². The number of rotatable bonds is 7. The van der Waals surface area contributed by atoms with E-state index in [1.165, 1.54) is 0 Å². The van der Waals surface area contributed by atoms with E-state index in [1.807, 2.05) is 18.2 Å². The summed E-state index contributed by atoms with van der Waals surface area (Å²) < 4.78 is 16.3. The smallest absolute Gasteiger partial charge is 0.295 e. The Morgan fingerprint density at radius 3 is 2.37 bits per heavy atom. The van der Waals surface area contributed by atoms with Crippen LogP contribution in [0.2, 0.25) is 0 Å². The molecule has 2 aliphatic heterocycles. The van der Waals surface area contributed by atoms with E-state index < -0.39 is 17.7 Å². The fourth-order valence-corrected chi connectivity index (χ4v) is 4.90. The Kier molecular flexibility index (Phi) is 6.49. The van der Waals surface area contributed by atoms with Gasteiger partial charge >= 0.3 is 0 Å². The van der Waals surface area contributed by atoms with Crippen molar-refractivity contribution in [1.82, 2.24) is 9.80 Å². The summed E-state index contributed by atoms with van der Waals surface area (Å²) in [5.41, 5.74) is 2.34. The van der Waals surface area contributed by atoms with Crippen LogP contribution in [0.25, 0.3) is 5.76 Å². The summed E-state index contributed by atoms with van der Waals surface area (Å²) in [4.78, 5) is 30.3. The molecular formula is C27H30N2O6. The van der Waals surface area contributed by atoms with Gasteiger partial charge in [-0.05, 0) is 54.8 Å². The molecular weight excluding hydrogens is 448 g/mol. The van der Waals surface area contributed by atoms with Crippen molar-refractivity contribution in [1.29, 1.82) is 0 Å². The van der Waals surface area contributed by atoms with Gasteiger partial charge in [-0.25, -0.2) is 0 Å². The van der Waals surface area contributed by atoms with Crippen LogP contribution in [0.3, 0.4) is 0 Å². The number of Topliss-reactive ketones (excluding diaryl/α,β-unsaturated/α-hetero) is 1. The predicted octanol–water partition coefficient (Wildman–Crippen LogP) is 3.12. The summed E-state index contributed by atoms with van der Waals surface area (Å²) in [5, 5.41) is 11.2. The summed E-state index contributed by atoms with van der Waals surface area (Å²) >= 11 is 0. The largest absolute Gasteiger partial charge is 0.507 e. The fraction of sp³-hybridized carbons (Fsp3) is 0.407. The van der Waals surface area contributed by atoms with Crippen LogP contribution in [0.5, 0.6) is 11.5 Å². The fourth-order valence-electron chi connectivity index (χ4n) is 4.90. The predicted molar refractivity (Wildman–Crippen MR) is 129 cm³/mol. The van der Waals surface area contributed by atoms with Gasteiger partial charge in [0.2, 0.25) is 0 Å². The minimum absolute atomic E-state index is 0.00223. The van der Waals surface area contributed by atoms with Gasteiger partial charge in [0.05, 0.1) is 39.0 Å². The van der Waals surface area contributed by atoms with E-state index in [1.54, 1.807) is 43.4 Å². The molecule has 35 heavy (non-hydrogen) atoms. The van der Waals surface area contributed by atoms with Crippen molar-refractivity contribution in [2.75, 3.05) is 40.5 Å². The highest BCUT2D eigenvalue weighted by Crippen LogP contribution is 2.46. The quantitative estimate of drug-likeness (QED) is 0.372. The summed E-state index contributed by atoms with van der Waals surface area (Å²) in [6.45, 7) is 3.69. The number of aliphatic hydroxyl groups excluding tert-OH is 1. The lowest BCUT2D eigenvalue weighted by molar-refractivity contribution is -0.140. The normalized spacial score (nSPS) is 22.5. The number of benzene rings is 2. The number of likely N-dealkylation sites (tertiary alicyclic amines) is 1. The minimum Gasteiger partial charge on any atom is -0.507 e. The molecule has 0 aromatic heterocycles. The maximum Gasteiger partial charge on any atom is 0.295 e. The molecule has 2 aromatic rings. The first kappa shape index (κ1) is 23.4. The third kappa shape index (κ3) is 4.51. The van der Waals surface area contributed by atoms with Crippen LogP contribution in [-0.2, 0) is 20.9 Å². The Morgan fingerprint density at radius 1 is 1.03 bits per heavy atom. The van der Waals surface area contributed by atoms with Gasteiger partial charge in [0, 0.05) is 36.8 Å². The number of methoxy groups -OCH3 is 2. The lowest BCUT2D eigenvalue weighted by atomic mass is 9.93. The summed E-state index contributed by atoms with van der Waals surface area (Å²) in [7, 11) is 3.20. The Morgan fingerprint density at radius 2 is 1.74 bits per heavy atom. The molecule has 8 heteroatoms. The Hall–Kier alpha value is -3.36. The number of amides is 1. The number of carbonyl (C=O) groups excluding carboxylic acids is 2. The van der Waals surface area contributed by atoms with Gasteiger partial charge in [-0.1, -0.05) is 6.07 Å². The van der Waals surface area contributed by atoms with Gasteiger partial charge in [0.25, 0.3) is 11.7 Å². The SMILES string of the molecule is COc1ccc(C(O)=C2C(=O)C(=O)N(C3CC3)[C@@H]2c2ccc(OC)c(CN3CCOCC3)c2)cc1. The molecule has 0 unspecified atom stereocenters. The van der Waals surface area contributed by atoms with E-state index in [9.17, 15) is 14.7 Å². The standard InChI is InChI=1S/C27H30N2O6/c1-33-21-8-3-17(4-9-21)25(30)23-24(29(20-6-7-20)27(32)26(23)31)18-5-10-22(34-2)19(15-18)16-28-11-13-35-14-12-28/h3-5,8-10,15,20,24,30H,6-7,11-14,16H2,1-2H3/t24-/m1/s1. The number of carbonyl (C=O) groups is 2. The topological polar surface area (TPSA) is 88.5 Å². The van der Waals surface area contributed by atoms with E-state index in [0.717, 1.165) is 42.8 Å². The van der Waals surface area contributed by atoms with Gasteiger partial charge in [-0.15, -0.1) is 0 Å². The molecule has 3 aliphatic rings. The van der Waals surface area contributed by atoms with Crippen molar-refractivity contribution in [2.24, 2.45) is 0 Å². The Balaban J connectivity index is 1.58. The van der Waals surface area contributed by atoms with Gasteiger partial charge in [0.1, 0.15) is 17.3 Å². The first-order chi connectivity index (χ1) is 17.0. The monoisotopic (exact) mass is 478 g/mol. The van der Waals surface area contributed by atoms with E-state index in [2.05, 4.69) is 4.90 Å². The number of morpholine rings is 1. The van der Waals surface area contributed by atoms with E-state index >= 15 is 0 Å². The van der Waals surface area contributed by atoms with Crippen LogP contribution in [-0.4, -0.2) is 73.2 Å². The van der Waals surface area contributed by atoms with Crippen molar-refractivity contribution < 1.29 is 28.9 Å². The van der Waals surface area contributed by atoms with Gasteiger partial charge < -0.3 is 24.2 Å². The molecule has 184 valence electrons. The van der Waals surface area contributed by atoms with Crippen LogP contribution < -0.4 is 9.47 Å². The lowest BCUT2D eigenvalue weighted by Gasteiger charge is -2.29. The maximum absolute atomic E-state index is 13.2. The summed E-state index contributed by atoms with van der Waals surface area (Å²) in [5.74, 6) is 0.00165. The molecule has 2 aromatic carbocycles. The second-order valence-electron chi connectivity index (χ2n) is 9.13. The van der Waals surface area contributed by atoms with Crippen molar-refractivity contribution in [3.63, 3.8) is 0 Å². The molecule has 5 rings (SSSR count). The molecule has 8 nitrogen and oxygen atoms in total. The first-order valence-corrected chi connectivity index (χ1v) is 11.9. The Labute approximate surface area is 204 Å². The molecule has 1 saturated carbocycles. The van der Waals surface area contributed by atoms with E-state index in [0.29, 0.717) is 31.1 Å². The van der Waals surface area contributed by atoms with Crippen molar-refractivity contribution in [3.05, 3.63) is 64.7 Å². The number of aliphatic hydroxyl groups is 1. The zero-order valence-electron chi connectivity index (χ0n) is 20.0. The Bertz CT molecular complexity index is 1150. The first-order valence-electron chi connectivity index (χ1n) is 11.9. The second-order valence-corrected chi connectivity index (χ2v) is 9.13. The molecule has 0 radical (unpaired) electrons. The van der Waals surface area contributed by atoms with Gasteiger partial charge in [-0.3, -0.25) is 14.5 Å².